The Morgan fingerprint density at radius 2 is 1.65 bits per heavy atom. The number of nitrogens with zero attached hydrogens (tertiary/aromatic N) is 5. The number of carbonyl (C=O) groups excluding carboxylic acids is 2. The summed E-state index contributed by atoms with van der Waals surface area (Å²) in [7, 11) is 0. The van der Waals surface area contributed by atoms with Crippen molar-refractivity contribution in [1.29, 1.82) is 0 Å². The SMILES string of the molecule is Cc1cncn1CCCn1cc(C2=C(c3ccc(OCCCn4ccnc4)cc3)C(=O)NC2=O)c2ccccc21. The summed E-state index contributed by atoms with van der Waals surface area (Å²) in [6.07, 6.45) is 12.9. The summed E-state index contributed by atoms with van der Waals surface area (Å²) in [5.74, 6) is -0.0517. The van der Waals surface area contributed by atoms with E-state index in [0.717, 1.165) is 54.6 Å². The molecule has 0 fully saturated rings. The molecule has 0 saturated carbocycles. The number of benzene rings is 2. The molecule has 202 valence electrons. The van der Waals surface area contributed by atoms with Gasteiger partial charge in [0.1, 0.15) is 5.75 Å². The van der Waals surface area contributed by atoms with Crippen LogP contribution in [-0.2, 0) is 29.2 Å². The van der Waals surface area contributed by atoms with E-state index in [-0.39, 0.29) is 11.8 Å². The molecule has 5 aromatic rings. The van der Waals surface area contributed by atoms with Gasteiger partial charge in [-0.1, -0.05) is 30.3 Å². The predicted molar refractivity (Wildman–Crippen MR) is 152 cm³/mol. The van der Waals surface area contributed by atoms with E-state index in [1.165, 1.54) is 0 Å². The topological polar surface area (TPSA) is 96.0 Å². The quantitative estimate of drug-likeness (QED) is 0.199. The molecular weight excluding hydrogens is 504 g/mol. The Kier molecular flexibility index (Phi) is 7.01. The van der Waals surface area contributed by atoms with Crippen LogP contribution < -0.4 is 10.1 Å². The van der Waals surface area contributed by atoms with Gasteiger partial charge in [0, 0.05) is 66.6 Å². The van der Waals surface area contributed by atoms with E-state index < -0.39 is 0 Å². The second kappa shape index (κ2) is 11.1. The average molecular weight is 535 g/mol. The molecule has 1 N–H and O–H groups in total. The van der Waals surface area contributed by atoms with Crippen molar-refractivity contribution >= 4 is 33.9 Å². The molecule has 9 heteroatoms. The van der Waals surface area contributed by atoms with E-state index >= 15 is 0 Å². The zero-order valence-corrected chi connectivity index (χ0v) is 22.3. The lowest BCUT2D eigenvalue weighted by atomic mass is 9.96. The first-order chi connectivity index (χ1) is 19.6. The zero-order chi connectivity index (χ0) is 27.5. The molecule has 1 aliphatic heterocycles. The van der Waals surface area contributed by atoms with Crippen molar-refractivity contribution in [2.75, 3.05) is 6.61 Å². The third-order valence-electron chi connectivity index (χ3n) is 7.24. The van der Waals surface area contributed by atoms with Gasteiger partial charge in [-0.15, -0.1) is 0 Å². The van der Waals surface area contributed by atoms with Gasteiger partial charge in [0.15, 0.2) is 0 Å². The molecule has 40 heavy (non-hydrogen) atoms. The summed E-state index contributed by atoms with van der Waals surface area (Å²) in [6, 6.07) is 15.4. The van der Waals surface area contributed by atoms with E-state index in [9.17, 15) is 9.59 Å². The number of imidazole rings is 2. The molecule has 0 bridgehead atoms. The van der Waals surface area contributed by atoms with Gasteiger partial charge >= 0.3 is 0 Å². The van der Waals surface area contributed by atoms with Crippen molar-refractivity contribution in [3.05, 3.63) is 103 Å². The Morgan fingerprint density at radius 3 is 2.42 bits per heavy atom. The molecule has 2 amide bonds. The molecule has 0 saturated heterocycles. The summed E-state index contributed by atoms with van der Waals surface area (Å²) < 4.78 is 12.2. The lowest BCUT2D eigenvalue weighted by molar-refractivity contribution is -0.122. The molecule has 4 heterocycles. The number of imide groups is 1. The number of hydrogen-bond acceptors (Lipinski definition) is 5. The Hall–Kier alpha value is -4.92. The zero-order valence-electron chi connectivity index (χ0n) is 22.3. The summed E-state index contributed by atoms with van der Waals surface area (Å²) in [5, 5.41) is 3.46. The van der Waals surface area contributed by atoms with Crippen LogP contribution in [0, 0.1) is 6.92 Å². The Labute approximate surface area is 231 Å². The average Bonchev–Trinajstić information content (AvgIpc) is 3.75. The van der Waals surface area contributed by atoms with Gasteiger partial charge < -0.3 is 18.4 Å². The highest BCUT2D eigenvalue weighted by Crippen LogP contribution is 2.36. The van der Waals surface area contributed by atoms with E-state index in [0.29, 0.717) is 29.1 Å². The van der Waals surface area contributed by atoms with Gasteiger partial charge in [-0.3, -0.25) is 14.9 Å². The van der Waals surface area contributed by atoms with Gasteiger partial charge in [0.25, 0.3) is 11.8 Å². The minimum absolute atomic E-state index is 0.378. The number of amides is 2. The summed E-state index contributed by atoms with van der Waals surface area (Å²) in [4.78, 5) is 34.4. The number of nitrogens with one attached hydrogen (secondary N) is 1. The first-order valence-electron chi connectivity index (χ1n) is 13.4. The number of fused-ring (bicyclic) bond motifs is 1. The summed E-state index contributed by atoms with van der Waals surface area (Å²) in [6.45, 7) is 5.04. The summed E-state index contributed by atoms with van der Waals surface area (Å²) >= 11 is 0. The fourth-order valence-corrected chi connectivity index (χ4v) is 5.22. The third kappa shape index (κ3) is 5.05. The maximum absolute atomic E-state index is 13.1. The highest BCUT2D eigenvalue weighted by molar-refractivity contribution is 6.50. The second-order valence-corrected chi connectivity index (χ2v) is 9.90. The second-order valence-electron chi connectivity index (χ2n) is 9.90. The lowest BCUT2D eigenvalue weighted by Crippen LogP contribution is -2.22. The highest BCUT2D eigenvalue weighted by Gasteiger charge is 2.33. The van der Waals surface area contributed by atoms with Gasteiger partial charge in [-0.05, 0) is 43.5 Å². The fourth-order valence-electron chi connectivity index (χ4n) is 5.22. The number of rotatable bonds is 11. The van der Waals surface area contributed by atoms with Crippen molar-refractivity contribution in [3.8, 4) is 5.75 Å². The van der Waals surface area contributed by atoms with Crippen LogP contribution in [0.15, 0.2) is 86.0 Å². The van der Waals surface area contributed by atoms with Crippen LogP contribution in [-0.4, -0.2) is 42.1 Å². The highest BCUT2D eigenvalue weighted by atomic mass is 16.5. The molecule has 9 nitrogen and oxygen atoms in total. The van der Waals surface area contributed by atoms with Gasteiger partial charge in [0.05, 0.1) is 30.4 Å². The molecular formula is C31H30N6O3. The number of aryl methyl sites for hydroxylation is 4. The monoisotopic (exact) mass is 534 g/mol. The van der Waals surface area contributed by atoms with Crippen molar-refractivity contribution in [2.24, 2.45) is 0 Å². The lowest BCUT2D eigenvalue weighted by Gasteiger charge is -2.08. The first kappa shape index (κ1) is 25.4. The first-order valence-corrected chi connectivity index (χ1v) is 13.4. The van der Waals surface area contributed by atoms with E-state index in [1.54, 1.807) is 12.5 Å². The smallest absolute Gasteiger partial charge is 0.259 e. The molecule has 0 atom stereocenters. The van der Waals surface area contributed by atoms with E-state index in [2.05, 4.69) is 30.5 Å². The molecule has 0 spiro atoms. The number of aromatic nitrogens is 5. The molecule has 6 rings (SSSR count). The van der Waals surface area contributed by atoms with Crippen molar-refractivity contribution < 1.29 is 14.3 Å². The fraction of sp³-hybridized carbons (Fsp3) is 0.226. The third-order valence-corrected chi connectivity index (χ3v) is 7.24. The Morgan fingerprint density at radius 1 is 0.850 bits per heavy atom. The standard InChI is InChI=1S/C31H30N6O3/c1-22-18-33-21-37(22)15-4-14-36-19-26(25-6-2-3-7-27(25)36)29-28(30(38)34-31(29)39)23-8-10-24(11-9-23)40-17-5-13-35-16-12-32-20-35/h2-3,6-12,16,18-21H,4-5,13-15,17H2,1H3,(H,34,38,39). The molecule has 0 aliphatic carbocycles. The summed E-state index contributed by atoms with van der Waals surface area (Å²) in [5.41, 5.74) is 4.37. The van der Waals surface area contributed by atoms with Crippen molar-refractivity contribution in [3.63, 3.8) is 0 Å². The molecule has 2 aromatic carbocycles. The Balaban J connectivity index is 1.24. The van der Waals surface area contributed by atoms with Crippen molar-refractivity contribution in [1.82, 2.24) is 29.0 Å². The molecule has 0 radical (unpaired) electrons. The number of ether oxygens (including phenoxy) is 1. The molecule has 0 unspecified atom stereocenters. The number of para-hydroxylation sites is 1. The van der Waals surface area contributed by atoms with Crippen LogP contribution in [0.5, 0.6) is 5.75 Å². The normalized spacial score (nSPS) is 13.4. The van der Waals surface area contributed by atoms with Crippen LogP contribution in [0.25, 0.3) is 22.0 Å². The minimum Gasteiger partial charge on any atom is -0.494 e. The number of carbonyl (C=O) groups is 2. The van der Waals surface area contributed by atoms with Crippen LogP contribution in [0.4, 0.5) is 0 Å². The van der Waals surface area contributed by atoms with Crippen molar-refractivity contribution in [2.45, 2.75) is 39.4 Å². The van der Waals surface area contributed by atoms with Gasteiger partial charge in [-0.2, -0.15) is 0 Å². The Bertz CT molecular complexity index is 1690. The minimum atomic E-state index is -0.388. The van der Waals surface area contributed by atoms with Crippen LogP contribution in [0.2, 0.25) is 0 Å². The maximum atomic E-state index is 13.1. The van der Waals surface area contributed by atoms with Crippen LogP contribution in [0.1, 0.15) is 29.7 Å². The van der Waals surface area contributed by atoms with Crippen LogP contribution in [0.3, 0.4) is 0 Å². The predicted octanol–water partition coefficient (Wildman–Crippen LogP) is 4.47. The van der Waals surface area contributed by atoms with E-state index in [4.69, 9.17) is 4.74 Å². The molecule has 3 aromatic heterocycles. The number of hydrogen-bond donors (Lipinski definition) is 1. The largest absolute Gasteiger partial charge is 0.494 e. The van der Waals surface area contributed by atoms with E-state index in [1.807, 2.05) is 78.9 Å². The molecule has 1 aliphatic rings. The van der Waals surface area contributed by atoms with Crippen LogP contribution >= 0.6 is 0 Å². The van der Waals surface area contributed by atoms with Gasteiger partial charge in [0.2, 0.25) is 0 Å². The maximum Gasteiger partial charge on any atom is 0.259 e. The van der Waals surface area contributed by atoms with Gasteiger partial charge in [-0.25, -0.2) is 9.97 Å².